The number of nitrogens with two attached hydrogens (primary N) is 1. The van der Waals surface area contributed by atoms with Gasteiger partial charge in [-0.25, -0.2) is 0 Å². The van der Waals surface area contributed by atoms with Gasteiger partial charge in [0.25, 0.3) is 0 Å². The van der Waals surface area contributed by atoms with Crippen LogP contribution in [0, 0.1) is 0 Å². The molecule has 0 bridgehead atoms. The predicted octanol–water partition coefficient (Wildman–Crippen LogP) is 2.29. The lowest BCUT2D eigenvalue weighted by molar-refractivity contribution is 0.213. The summed E-state index contributed by atoms with van der Waals surface area (Å²) in [6.07, 6.45) is 2.24. The number of aliphatic hydroxyl groups is 1. The normalized spacial score (nSPS) is 18.0. The van der Waals surface area contributed by atoms with Gasteiger partial charge in [0.15, 0.2) is 0 Å². The summed E-state index contributed by atoms with van der Waals surface area (Å²) in [6, 6.07) is 9.32. The quantitative estimate of drug-likeness (QED) is 0.664. The lowest BCUT2D eigenvalue weighted by atomic mass is 10.1. The second kappa shape index (κ2) is 7.05. The van der Waals surface area contributed by atoms with Crippen LogP contribution in [0.1, 0.15) is 31.7 Å². The Balaban J connectivity index is 2.64. The van der Waals surface area contributed by atoms with Crippen LogP contribution in [-0.2, 0) is 11.0 Å². The zero-order valence-corrected chi connectivity index (χ0v) is 11.6. The van der Waals surface area contributed by atoms with Crippen LogP contribution in [0.25, 0.3) is 0 Å². The van der Waals surface area contributed by atoms with Crippen molar-refractivity contribution in [2.45, 2.75) is 44.2 Å². The van der Waals surface area contributed by atoms with E-state index in [0.29, 0.717) is 12.8 Å². The molecule has 3 atom stereocenters. The van der Waals surface area contributed by atoms with Crippen molar-refractivity contribution < 1.29 is 14.6 Å². The number of rotatable bonds is 7. The third-order valence-electron chi connectivity index (χ3n) is 3.01. The van der Waals surface area contributed by atoms with Gasteiger partial charge in [0.1, 0.15) is 5.85 Å². The maximum atomic E-state index is 12.1. The minimum absolute atomic E-state index is 0.303. The summed E-state index contributed by atoms with van der Waals surface area (Å²) >= 11 is 0. The molecule has 0 spiro atoms. The van der Waals surface area contributed by atoms with E-state index in [9.17, 15) is 14.6 Å². The van der Waals surface area contributed by atoms with Crippen molar-refractivity contribution in [1.82, 2.24) is 0 Å². The van der Waals surface area contributed by atoms with Gasteiger partial charge in [-0.15, -0.1) is 0 Å². The third kappa shape index (κ3) is 4.21. The Bertz CT molecular complexity index is 396. The Kier molecular flexibility index (Phi) is 6.03. The van der Waals surface area contributed by atoms with E-state index in [1.54, 1.807) is 0 Å². The Morgan fingerprint density at radius 1 is 1.33 bits per heavy atom. The van der Waals surface area contributed by atoms with Crippen LogP contribution < -0.4 is 5.73 Å². The molecule has 3 unspecified atom stereocenters. The van der Waals surface area contributed by atoms with E-state index in [0.717, 1.165) is 18.4 Å². The molecule has 0 amide bonds. The number of hydrogen-bond donors (Lipinski definition) is 3. The molecule has 0 aliphatic rings. The molecule has 5 heteroatoms. The average molecular weight is 271 g/mol. The molecule has 0 saturated carbocycles. The highest BCUT2D eigenvalue weighted by molar-refractivity contribution is 7.59. The van der Waals surface area contributed by atoms with Gasteiger partial charge in [-0.05, 0) is 18.4 Å². The number of unbranched alkanes of at least 4 members (excludes halogenated alkanes) is 1. The molecule has 0 aromatic heterocycles. The van der Waals surface area contributed by atoms with E-state index in [2.05, 4.69) is 0 Å². The number of benzene rings is 1. The van der Waals surface area contributed by atoms with E-state index < -0.39 is 19.0 Å². The molecule has 0 heterocycles. The number of hydrogen-bond acceptors (Lipinski definition) is 3. The summed E-state index contributed by atoms with van der Waals surface area (Å²) in [4.78, 5) is 9.92. The van der Waals surface area contributed by atoms with Gasteiger partial charge in [0.2, 0.25) is 7.37 Å². The van der Waals surface area contributed by atoms with Gasteiger partial charge in [-0.3, -0.25) is 4.57 Å². The smallest absolute Gasteiger partial charge is 0.244 e. The summed E-state index contributed by atoms with van der Waals surface area (Å²) in [5.41, 5.74) is 6.69. The first-order valence-electron chi connectivity index (χ1n) is 6.28. The van der Waals surface area contributed by atoms with Crippen LogP contribution in [-0.4, -0.2) is 21.6 Å². The van der Waals surface area contributed by atoms with Crippen molar-refractivity contribution in [3.05, 3.63) is 35.9 Å². The van der Waals surface area contributed by atoms with Crippen molar-refractivity contribution in [2.24, 2.45) is 5.73 Å². The molecule has 1 aromatic carbocycles. The van der Waals surface area contributed by atoms with E-state index in [1.165, 1.54) is 0 Å². The van der Waals surface area contributed by atoms with Crippen LogP contribution in [0.15, 0.2) is 30.3 Å². The van der Waals surface area contributed by atoms with E-state index >= 15 is 0 Å². The van der Waals surface area contributed by atoms with Gasteiger partial charge >= 0.3 is 0 Å². The molecule has 0 radical (unpaired) electrons. The van der Waals surface area contributed by atoms with Gasteiger partial charge in [-0.1, -0.05) is 50.1 Å². The minimum atomic E-state index is -3.74. The third-order valence-corrected chi connectivity index (χ3v) is 5.25. The van der Waals surface area contributed by atoms with Crippen LogP contribution in [0.4, 0.5) is 0 Å². The first kappa shape index (κ1) is 15.4. The first-order chi connectivity index (χ1) is 8.48. The molecule has 1 aromatic rings. The molecule has 18 heavy (non-hydrogen) atoms. The standard InChI is InChI=1S/C13H22NO3P/c1-2-3-9-13(15)18(16,17)12(14)10-11-7-5-4-6-8-11/h4-8,12-13,15H,2-3,9-10,14H2,1H3,(H,16,17). The van der Waals surface area contributed by atoms with Crippen LogP contribution in [0.3, 0.4) is 0 Å². The molecule has 102 valence electrons. The van der Waals surface area contributed by atoms with Gasteiger partial charge in [0.05, 0.1) is 5.78 Å². The maximum Gasteiger partial charge on any atom is 0.244 e. The highest BCUT2D eigenvalue weighted by Gasteiger charge is 2.35. The highest BCUT2D eigenvalue weighted by Crippen LogP contribution is 2.50. The van der Waals surface area contributed by atoms with E-state index in [4.69, 9.17) is 5.73 Å². The van der Waals surface area contributed by atoms with Crippen molar-refractivity contribution in [1.29, 1.82) is 0 Å². The van der Waals surface area contributed by atoms with Crippen LogP contribution >= 0.6 is 7.37 Å². The zero-order chi connectivity index (χ0) is 13.6. The molecular formula is C13H22NO3P. The Labute approximate surface area is 108 Å². The minimum Gasteiger partial charge on any atom is -0.383 e. The average Bonchev–Trinajstić information content (AvgIpc) is 2.36. The fourth-order valence-electron chi connectivity index (χ4n) is 1.78. The molecule has 0 aliphatic carbocycles. The van der Waals surface area contributed by atoms with E-state index in [-0.39, 0.29) is 0 Å². The Morgan fingerprint density at radius 2 is 1.94 bits per heavy atom. The molecule has 1 rings (SSSR count). The molecular weight excluding hydrogens is 249 g/mol. The second-order valence-corrected chi connectivity index (χ2v) is 7.16. The SMILES string of the molecule is CCCCC(O)P(=O)(O)C(N)Cc1ccccc1. The second-order valence-electron chi connectivity index (χ2n) is 4.55. The lowest BCUT2D eigenvalue weighted by Gasteiger charge is -2.24. The largest absolute Gasteiger partial charge is 0.383 e. The highest BCUT2D eigenvalue weighted by atomic mass is 31.2. The van der Waals surface area contributed by atoms with Gasteiger partial charge in [-0.2, -0.15) is 0 Å². The summed E-state index contributed by atoms with van der Waals surface area (Å²) in [5.74, 6) is -2.12. The lowest BCUT2D eigenvalue weighted by Crippen LogP contribution is -2.28. The first-order valence-corrected chi connectivity index (χ1v) is 8.08. The fourth-order valence-corrected chi connectivity index (χ4v) is 3.25. The summed E-state index contributed by atoms with van der Waals surface area (Å²) in [5, 5.41) is 9.76. The summed E-state index contributed by atoms with van der Waals surface area (Å²) < 4.78 is 12.1. The topological polar surface area (TPSA) is 83.5 Å². The van der Waals surface area contributed by atoms with Crippen molar-refractivity contribution in [3.63, 3.8) is 0 Å². The predicted molar refractivity (Wildman–Crippen MR) is 73.5 cm³/mol. The Morgan fingerprint density at radius 3 is 2.50 bits per heavy atom. The van der Waals surface area contributed by atoms with Gasteiger partial charge in [0, 0.05) is 0 Å². The summed E-state index contributed by atoms with van der Waals surface area (Å²) in [6.45, 7) is 1.97. The summed E-state index contributed by atoms with van der Waals surface area (Å²) in [7, 11) is -3.74. The maximum absolute atomic E-state index is 12.1. The molecule has 0 saturated heterocycles. The number of aliphatic hydroxyl groups excluding tert-OH is 1. The Hall–Kier alpha value is -0.670. The fraction of sp³-hybridized carbons (Fsp3) is 0.538. The van der Waals surface area contributed by atoms with Crippen molar-refractivity contribution in [3.8, 4) is 0 Å². The van der Waals surface area contributed by atoms with Gasteiger partial charge < -0.3 is 15.7 Å². The molecule has 0 aliphatic heterocycles. The zero-order valence-electron chi connectivity index (χ0n) is 10.7. The van der Waals surface area contributed by atoms with Crippen molar-refractivity contribution >= 4 is 7.37 Å². The van der Waals surface area contributed by atoms with Crippen LogP contribution in [0.5, 0.6) is 0 Å². The molecule has 4 nitrogen and oxygen atoms in total. The monoisotopic (exact) mass is 271 g/mol. The molecule has 4 N–H and O–H groups in total. The van der Waals surface area contributed by atoms with Crippen molar-refractivity contribution in [2.75, 3.05) is 0 Å². The van der Waals surface area contributed by atoms with E-state index in [1.807, 2.05) is 37.3 Å². The molecule has 0 fully saturated rings. The van der Waals surface area contributed by atoms with Crippen LogP contribution in [0.2, 0.25) is 0 Å².